The Labute approximate surface area is 102 Å². The molecule has 0 aromatic carbocycles. The molecule has 0 atom stereocenters. The molecule has 3 N–H and O–H groups in total. The van der Waals surface area contributed by atoms with Gasteiger partial charge in [0.25, 0.3) is 5.91 Å². The van der Waals surface area contributed by atoms with E-state index in [1.165, 1.54) is 0 Å². The van der Waals surface area contributed by atoms with E-state index in [1.807, 2.05) is 0 Å². The number of rotatable bonds is 5. The van der Waals surface area contributed by atoms with Crippen LogP contribution in [0.3, 0.4) is 0 Å². The third-order valence-corrected chi connectivity index (χ3v) is 2.85. The molecule has 8 heteroatoms. The maximum absolute atomic E-state index is 11.4. The molecule has 6 nitrogen and oxygen atoms in total. The summed E-state index contributed by atoms with van der Waals surface area (Å²) in [6.45, 7) is 0.412. The van der Waals surface area contributed by atoms with E-state index in [0.29, 0.717) is 5.69 Å². The zero-order valence-electron chi connectivity index (χ0n) is 8.58. The molecule has 1 amide bonds. The lowest BCUT2D eigenvalue weighted by molar-refractivity contribution is 0.0950. The van der Waals surface area contributed by atoms with Crippen molar-refractivity contribution in [3.05, 3.63) is 22.4 Å². The summed E-state index contributed by atoms with van der Waals surface area (Å²) in [6, 6.07) is 1.64. The van der Waals surface area contributed by atoms with Crippen molar-refractivity contribution in [2.75, 3.05) is 19.3 Å². The van der Waals surface area contributed by atoms with Gasteiger partial charge in [-0.3, -0.25) is 4.79 Å². The second kappa shape index (κ2) is 5.46. The molecule has 1 rings (SSSR count). The maximum Gasteiger partial charge on any atom is 0.267 e. The Morgan fingerprint density at radius 3 is 2.69 bits per heavy atom. The molecule has 0 unspecified atom stereocenters. The SMILES string of the molecule is CS(=O)(=O)NCCNC(=O)c1cc(Br)c[nH]1. The highest BCUT2D eigenvalue weighted by atomic mass is 79.9. The molecule has 1 aromatic rings. The third kappa shape index (κ3) is 4.77. The van der Waals surface area contributed by atoms with Crippen molar-refractivity contribution in [2.24, 2.45) is 0 Å². The van der Waals surface area contributed by atoms with Crippen LogP contribution in [0.1, 0.15) is 10.5 Å². The van der Waals surface area contributed by atoms with Crippen LogP contribution in [0.25, 0.3) is 0 Å². The van der Waals surface area contributed by atoms with E-state index in [-0.39, 0.29) is 19.0 Å². The summed E-state index contributed by atoms with van der Waals surface area (Å²) in [5.74, 6) is -0.277. The predicted molar refractivity (Wildman–Crippen MR) is 63.7 cm³/mol. The summed E-state index contributed by atoms with van der Waals surface area (Å²) in [6.07, 6.45) is 2.71. The molecule has 0 saturated heterocycles. The van der Waals surface area contributed by atoms with Crippen molar-refractivity contribution in [3.63, 3.8) is 0 Å². The Hall–Kier alpha value is -0.860. The normalized spacial score (nSPS) is 11.4. The largest absolute Gasteiger partial charge is 0.356 e. The van der Waals surface area contributed by atoms with Gasteiger partial charge in [-0.05, 0) is 22.0 Å². The molecule has 0 spiro atoms. The Morgan fingerprint density at radius 1 is 1.50 bits per heavy atom. The van der Waals surface area contributed by atoms with E-state index in [1.54, 1.807) is 12.3 Å². The molecule has 16 heavy (non-hydrogen) atoms. The number of hydrogen-bond donors (Lipinski definition) is 3. The molecule has 0 bridgehead atoms. The fourth-order valence-corrected chi connectivity index (χ4v) is 1.82. The van der Waals surface area contributed by atoms with Gasteiger partial charge in [-0.15, -0.1) is 0 Å². The molecule has 0 aliphatic heterocycles. The molecule has 0 aliphatic carbocycles. The van der Waals surface area contributed by atoms with Crippen LogP contribution < -0.4 is 10.0 Å². The molecule has 1 aromatic heterocycles. The Balaban J connectivity index is 2.31. The zero-order valence-corrected chi connectivity index (χ0v) is 11.0. The quantitative estimate of drug-likeness (QED) is 0.672. The van der Waals surface area contributed by atoms with E-state index in [9.17, 15) is 13.2 Å². The number of amides is 1. The number of sulfonamides is 1. The van der Waals surface area contributed by atoms with Gasteiger partial charge in [0, 0.05) is 23.8 Å². The van der Waals surface area contributed by atoms with E-state index < -0.39 is 10.0 Å². The fraction of sp³-hybridized carbons (Fsp3) is 0.375. The first-order valence-corrected chi connectivity index (χ1v) is 7.14. The molecular formula is C8H12BrN3O3S. The Kier molecular flexibility index (Phi) is 4.51. The molecule has 90 valence electrons. The van der Waals surface area contributed by atoms with Crippen LogP contribution in [0.2, 0.25) is 0 Å². The lowest BCUT2D eigenvalue weighted by Gasteiger charge is -2.03. The number of halogens is 1. The number of aromatic amines is 1. The zero-order chi connectivity index (χ0) is 12.2. The standard InChI is InChI=1S/C8H12BrN3O3S/c1-16(14,15)12-3-2-10-8(13)7-4-6(9)5-11-7/h4-5,11-12H,2-3H2,1H3,(H,10,13). The first-order chi connectivity index (χ1) is 7.38. The van der Waals surface area contributed by atoms with Gasteiger partial charge < -0.3 is 10.3 Å². The minimum Gasteiger partial charge on any atom is -0.356 e. The van der Waals surface area contributed by atoms with Crippen LogP contribution in [0.5, 0.6) is 0 Å². The number of H-pyrrole nitrogens is 1. The highest BCUT2D eigenvalue weighted by molar-refractivity contribution is 9.10. The summed E-state index contributed by atoms with van der Waals surface area (Å²) in [7, 11) is -3.20. The lowest BCUT2D eigenvalue weighted by atomic mass is 10.4. The Bertz CT molecular complexity index is 469. The first kappa shape index (κ1) is 13.2. The van der Waals surface area contributed by atoms with Crippen LogP contribution >= 0.6 is 15.9 Å². The van der Waals surface area contributed by atoms with Gasteiger partial charge in [0.15, 0.2) is 0 Å². The average Bonchev–Trinajstić information content (AvgIpc) is 2.57. The minimum atomic E-state index is -3.20. The van der Waals surface area contributed by atoms with Crippen molar-refractivity contribution < 1.29 is 13.2 Å². The monoisotopic (exact) mass is 309 g/mol. The van der Waals surface area contributed by atoms with Crippen LogP contribution in [-0.2, 0) is 10.0 Å². The molecule has 0 radical (unpaired) electrons. The van der Waals surface area contributed by atoms with Crippen LogP contribution in [0.4, 0.5) is 0 Å². The van der Waals surface area contributed by atoms with Gasteiger partial charge in [0.05, 0.1) is 6.26 Å². The molecule has 0 saturated carbocycles. The summed E-state index contributed by atoms with van der Waals surface area (Å²) >= 11 is 3.21. The van der Waals surface area contributed by atoms with Crippen molar-refractivity contribution >= 4 is 31.9 Å². The van der Waals surface area contributed by atoms with E-state index in [2.05, 4.69) is 31.0 Å². The van der Waals surface area contributed by atoms with Crippen LogP contribution in [-0.4, -0.2) is 38.7 Å². The average molecular weight is 310 g/mol. The number of carbonyl (C=O) groups excluding carboxylic acids is 1. The fourth-order valence-electron chi connectivity index (χ4n) is 1.01. The smallest absolute Gasteiger partial charge is 0.267 e. The number of aromatic nitrogens is 1. The van der Waals surface area contributed by atoms with E-state index in [0.717, 1.165) is 10.7 Å². The Morgan fingerprint density at radius 2 is 2.19 bits per heavy atom. The summed E-state index contributed by atoms with van der Waals surface area (Å²) in [4.78, 5) is 14.2. The number of carbonyl (C=O) groups is 1. The molecule has 1 heterocycles. The maximum atomic E-state index is 11.4. The summed E-state index contributed by atoms with van der Waals surface area (Å²) < 4.78 is 24.5. The predicted octanol–water partition coefficient (Wildman–Crippen LogP) is 0.0562. The van der Waals surface area contributed by atoms with Gasteiger partial charge in [0.2, 0.25) is 10.0 Å². The molecule has 0 fully saturated rings. The van der Waals surface area contributed by atoms with Gasteiger partial charge in [0.1, 0.15) is 5.69 Å². The topological polar surface area (TPSA) is 91.1 Å². The number of nitrogens with one attached hydrogen (secondary N) is 3. The van der Waals surface area contributed by atoms with E-state index in [4.69, 9.17) is 0 Å². The highest BCUT2D eigenvalue weighted by Gasteiger charge is 2.07. The highest BCUT2D eigenvalue weighted by Crippen LogP contribution is 2.09. The van der Waals surface area contributed by atoms with Crippen molar-refractivity contribution in [1.29, 1.82) is 0 Å². The van der Waals surface area contributed by atoms with Gasteiger partial charge in [-0.25, -0.2) is 13.1 Å². The third-order valence-electron chi connectivity index (χ3n) is 1.67. The second-order valence-electron chi connectivity index (χ2n) is 3.15. The molecule has 0 aliphatic rings. The van der Waals surface area contributed by atoms with Gasteiger partial charge >= 0.3 is 0 Å². The van der Waals surface area contributed by atoms with Crippen LogP contribution in [0.15, 0.2) is 16.7 Å². The minimum absolute atomic E-state index is 0.173. The summed E-state index contributed by atoms with van der Waals surface area (Å²) in [5, 5.41) is 2.57. The second-order valence-corrected chi connectivity index (χ2v) is 5.90. The van der Waals surface area contributed by atoms with Crippen LogP contribution in [0, 0.1) is 0 Å². The first-order valence-electron chi connectivity index (χ1n) is 4.45. The van der Waals surface area contributed by atoms with Crippen molar-refractivity contribution in [1.82, 2.24) is 15.0 Å². The summed E-state index contributed by atoms with van der Waals surface area (Å²) in [5.41, 5.74) is 0.422. The van der Waals surface area contributed by atoms with Gasteiger partial charge in [-0.2, -0.15) is 0 Å². The lowest BCUT2D eigenvalue weighted by Crippen LogP contribution is -2.34. The van der Waals surface area contributed by atoms with Crippen molar-refractivity contribution in [2.45, 2.75) is 0 Å². The molecular weight excluding hydrogens is 298 g/mol. The van der Waals surface area contributed by atoms with E-state index >= 15 is 0 Å². The number of hydrogen-bond acceptors (Lipinski definition) is 3. The van der Waals surface area contributed by atoms with Gasteiger partial charge in [-0.1, -0.05) is 0 Å². The van der Waals surface area contributed by atoms with Crippen molar-refractivity contribution in [3.8, 4) is 0 Å².